The summed E-state index contributed by atoms with van der Waals surface area (Å²) >= 11 is 0. The van der Waals surface area contributed by atoms with Gasteiger partial charge < -0.3 is 9.72 Å². The normalized spacial score (nSPS) is 16.9. The van der Waals surface area contributed by atoms with Gasteiger partial charge in [-0.3, -0.25) is 9.69 Å². The predicted octanol–water partition coefficient (Wildman–Crippen LogP) is 4.40. The van der Waals surface area contributed by atoms with Crippen molar-refractivity contribution in [3.8, 4) is 0 Å². The summed E-state index contributed by atoms with van der Waals surface area (Å²) in [5, 5.41) is 13.9. The van der Waals surface area contributed by atoms with E-state index >= 15 is 0 Å². The molecule has 1 aliphatic heterocycles. The number of H-pyrrole nitrogens is 1. The highest BCUT2D eigenvalue weighted by atomic mass is 16.5. The van der Waals surface area contributed by atoms with E-state index in [9.17, 15) is 4.79 Å². The minimum atomic E-state index is -0.0887. The van der Waals surface area contributed by atoms with Crippen LogP contribution in [0.4, 0.5) is 0 Å². The van der Waals surface area contributed by atoms with E-state index in [1.54, 1.807) is 0 Å². The molecule has 36 heavy (non-hydrogen) atoms. The molecule has 0 bridgehead atoms. The van der Waals surface area contributed by atoms with Crippen molar-refractivity contribution in [1.29, 1.82) is 0 Å². The zero-order valence-corrected chi connectivity index (χ0v) is 21.2. The average Bonchev–Trinajstić information content (AvgIpc) is 3.53. The van der Waals surface area contributed by atoms with Crippen molar-refractivity contribution in [3.63, 3.8) is 0 Å². The predicted molar refractivity (Wildman–Crippen MR) is 139 cm³/mol. The first-order valence-corrected chi connectivity index (χ1v) is 12.8. The lowest BCUT2D eigenvalue weighted by atomic mass is 9.99. The average molecular weight is 487 g/mol. The monoisotopic (exact) mass is 486 g/mol. The molecule has 8 heteroatoms. The van der Waals surface area contributed by atoms with Crippen LogP contribution in [-0.4, -0.2) is 42.8 Å². The van der Waals surface area contributed by atoms with E-state index in [-0.39, 0.29) is 23.6 Å². The number of ether oxygens (including phenoxy) is 1. The number of fused-ring (bicyclic) bond motifs is 1. The number of hydrogen-bond donors (Lipinski definition) is 1. The van der Waals surface area contributed by atoms with Crippen LogP contribution >= 0.6 is 0 Å². The van der Waals surface area contributed by atoms with Gasteiger partial charge in [0.25, 0.3) is 5.56 Å². The lowest BCUT2D eigenvalue weighted by Crippen LogP contribution is -2.36. The molecule has 0 radical (unpaired) electrons. The molecule has 5 rings (SSSR count). The Morgan fingerprint density at radius 3 is 2.72 bits per heavy atom. The van der Waals surface area contributed by atoms with Crippen LogP contribution in [0, 0.1) is 12.8 Å². The third-order valence-corrected chi connectivity index (χ3v) is 6.93. The number of pyridine rings is 1. The number of rotatable bonds is 9. The summed E-state index contributed by atoms with van der Waals surface area (Å²) in [4.78, 5) is 18.5. The van der Waals surface area contributed by atoms with Crippen molar-refractivity contribution >= 4 is 10.9 Å². The molecule has 1 aliphatic rings. The standard InChI is InChI=1S/C28H34N6O2/c1-19(2)26(27-30-31-32-34(27)18-24-10-7-13-36-24)33(16-21-8-5-4-6-9-21)17-23-15-22-14-20(3)11-12-25(22)29-28(23)35/h4-6,8-9,11-12,14-15,19,24,26H,7,10,13,16-18H2,1-3H3,(H,29,35)/t24-,26+/m0/s1. The van der Waals surface area contributed by atoms with Gasteiger partial charge in [-0.15, -0.1) is 5.10 Å². The SMILES string of the molecule is Cc1ccc2[nH]c(=O)c(CN(Cc3ccccc3)[C@@H](c3nnnn3C[C@@H]3CCCO3)C(C)C)cc2c1. The Morgan fingerprint density at radius 1 is 1.14 bits per heavy atom. The van der Waals surface area contributed by atoms with E-state index in [2.05, 4.69) is 64.4 Å². The van der Waals surface area contributed by atoms with E-state index in [0.717, 1.165) is 47.3 Å². The van der Waals surface area contributed by atoms with Gasteiger partial charge in [-0.05, 0) is 65.3 Å². The van der Waals surface area contributed by atoms with E-state index in [0.29, 0.717) is 19.6 Å². The molecule has 0 amide bonds. The number of nitrogens with zero attached hydrogens (tertiary/aromatic N) is 5. The molecule has 3 heterocycles. The summed E-state index contributed by atoms with van der Waals surface area (Å²) < 4.78 is 7.76. The third kappa shape index (κ3) is 5.39. The molecule has 4 aromatic rings. The number of aryl methyl sites for hydroxylation is 1. The van der Waals surface area contributed by atoms with Gasteiger partial charge in [0, 0.05) is 30.8 Å². The van der Waals surface area contributed by atoms with E-state index < -0.39 is 0 Å². The summed E-state index contributed by atoms with van der Waals surface area (Å²) in [5.41, 5.74) is 3.85. The first-order chi connectivity index (χ1) is 17.5. The van der Waals surface area contributed by atoms with Crippen LogP contribution in [-0.2, 0) is 24.4 Å². The molecule has 0 saturated carbocycles. The maximum atomic E-state index is 13.1. The van der Waals surface area contributed by atoms with Crippen LogP contribution in [0.25, 0.3) is 10.9 Å². The fourth-order valence-corrected chi connectivity index (χ4v) is 5.20. The minimum absolute atomic E-state index is 0.0640. The van der Waals surface area contributed by atoms with Crippen molar-refractivity contribution in [3.05, 3.63) is 87.5 Å². The maximum absolute atomic E-state index is 13.1. The number of hydrogen-bond acceptors (Lipinski definition) is 6. The number of tetrazole rings is 1. The minimum Gasteiger partial charge on any atom is -0.376 e. The Kier molecular flexibility index (Phi) is 7.25. The molecule has 0 aliphatic carbocycles. The van der Waals surface area contributed by atoms with Crippen molar-refractivity contribution in [2.75, 3.05) is 6.61 Å². The first kappa shape index (κ1) is 24.3. The van der Waals surface area contributed by atoms with Gasteiger partial charge in [0.05, 0.1) is 18.7 Å². The largest absolute Gasteiger partial charge is 0.376 e. The van der Waals surface area contributed by atoms with Crippen molar-refractivity contribution in [2.24, 2.45) is 5.92 Å². The number of aromatic amines is 1. The molecule has 2 aromatic carbocycles. The lowest BCUT2D eigenvalue weighted by molar-refractivity contribution is 0.0851. The van der Waals surface area contributed by atoms with Crippen LogP contribution in [0.3, 0.4) is 0 Å². The highest BCUT2D eigenvalue weighted by Crippen LogP contribution is 2.31. The van der Waals surface area contributed by atoms with Gasteiger partial charge >= 0.3 is 0 Å². The molecule has 0 unspecified atom stereocenters. The molecule has 0 spiro atoms. The van der Waals surface area contributed by atoms with Crippen LogP contribution in [0.2, 0.25) is 0 Å². The zero-order chi connectivity index (χ0) is 25.1. The Bertz CT molecular complexity index is 1360. The molecular formula is C28H34N6O2. The number of aromatic nitrogens is 5. The highest BCUT2D eigenvalue weighted by molar-refractivity contribution is 5.79. The molecule has 8 nitrogen and oxygen atoms in total. The van der Waals surface area contributed by atoms with Crippen LogP contribution < -0.4 is 5.56 Å². The maximum Gasteiger partial charge on any atom is 0.252 e. The number of nitrogens with one attached hydrogen (secondary N) is 1. The van der Waals surface area contributed by atoms with Gasteiger partial charge in [0.1, 0.15) is 0 Å². The van der Waals surface area contributed by atoms with Crippen molar-refractivity contribution in [1.82, 2.24) is 30.1 Å². The van der Waals surface area contributed by atoms with Crippen LogP contribution in [0.5, 0.6) is 0 Å². The fraction of sp³-hybridized carbons (Fsp3) is 0.429. The Hall–Kier alpha value is -3.36. The quantitative estimate of drug-likeness (QED) is 0.377. The van der Waals surface area contributed by atoms with Crippen LogP contribution in [0.15, 0.2) is 59.4 Å². The molecule has 2 aromatic heterocycles. The van der Waals surface area contributed by atoms with Gasteiger partial charge in [-0.2, -0.15) is 0 Å². The molecule has 1 fully saturated rings. The van der Waals surface area contributed by atoms with Crippen LogP contribution in [0.1, 0.15) is 55.2 Å². The lowest BCUT2D eigenvalue weighted by Gasteiger charge is -2.33. The second-order valence-corrected chi connectivity index (χ2v) is 10.1. The Labute approximate surface area is 211 Å². The molecule has 1 N–H and O–H groups in total. The topological polar surface area (TPSA) is 88.9 Å². The second-order valence-electron chi connectivity index (χ2n) is 10.1. The smallest absolute Gasteiger partial charge is 0.252 e. The van der Waals surface area contributed by atoms with Gasteiger partial charge in [-0.1, -0.05) is 55.8 Å². The van der Waals surface area contributed by atoms with Gasteiger partial charge in [0.15, 0.2) is 5.82 Å². The Morgan fingerprint density at radius 2 is 1.97 bits per heavy atom. The second kappa shape index (κ2) is 10.7. The van der Waals surface area contributed by atoms with E-state index in [1.165, 1.54) is 5.56 Å². The van der Waals surface area contributed by atoms with E-state index in [1.807, 2.05) is 41.1 Å². The molecule has 1 saturated heterocycles. The first-order valence-electron chi connectivity index (χ1n) is 12.8. The van der Waals surface area contributed by atoms with Gasteiger partial charge in [0.2, 0.25) is 0 Å². The molecule has 188 valence electrons. The summed E-state index contributed by atoms with van der Waals surface area (Å²) in [6, 6.07) is 18.4. The Balaban J connectivity index is 1.53. The fourth-order valence-electron chi connectivity index (χ4n) is 5.20. The van der Waals surface area contributed by atoms with Crippen molar-refractivity contribution < 1.29 is 4.74 Å². The third-order valence-electron chi connectivity index (χ3n) is 6.93. The molecular weight excluding hydrogens is 452 g/mol. The molecule has 2 atom stereocenters. The summed E-state index contributed by atoms with van der Waals surface area (Å²) in [6.45, 7) is 9.00. The zero-order valence-electron chi connectivity index (χ0n) is 21.2. The highest BCUT2D eigenvalue weighted by Gasteiger charge is 2.31. The summed E-state index contributed by atoms with van der Waals surface area (Å²) in [7, 11) is 0. The van der Waals surface area contributed by atoms with Crippen molar-refractivity contribution in [2.45, 2.75) is 65.4 Å². The number of benzene rings is 2. The van der Waals surface area contributed by atoms with Gasteiger partial charge in [-0.25, -0.2) is 4.68 Å². The summed E-state index contributed by atoms with van der Waals surface area (Å²) in [6.07, 6.45) is 2.22. The van der Waals surface area contributed by atoms with E-state index in [4.69, 9.17) is 4.74 Å². The summed E-state index contributed by atoms with van der Waals surface area (Å²) in [5.74, 6) is 1.02.